The van der Waals surface area contributed by atoms with E-state index in [1.165, 1.54) is 0 Å². The average molecular weight is 483 g/mol. The van der Waals surface area contributed by atoms with Crippen molar-refractivity contribution >= 4 is 12.2 Å². The van der Waals surface area contributed by atoms with Gasteiger partial charge in [-0.1, -0.05) is 0 Å². The summed E-state index contributed by atoms with van der Waals surface area (Å²) in [5.41, 5.74) is -0.852. The fourth-order valence-corrected chi connectivity index (χ4v) is 5.76. The highest BCUT2D eigenvalue weighted by atomic mass is 16.6. The van der Waals surface area contributed by atoms with Crippen molar-refractivity contribution in [3.63, 3.8) is 0 Å². The second-order valence-corrected chi connectivity index (χ2v) is 12.7. The number of likely N-dealkylation sites (tertiary alicyclic amines) is 2. The fourth-order valence-electron chi connectivity index (χ4n) is 5.76. The Morgan fingerprint density at radius 2 is 0.941 bits per heavy atom. The van der Waals surface area contributed by atoms with E-state index in [0.717, 1.165) is 64.7 Å². The van der Waals surface area contributed by atoms with Gasteiger partial charge < -0.3 is 29.5 Å². The van der Waals surface area contributed by atoms with Crippen molar-refractivity contribution in [1.82, 2.24) is 9.80 Å². The quantitative estimate of drug-likeness (QED) is 0.541. The summed E-state index contributed by atoms with van der Waals surface area (Å²) >= 11 is 0. The Hall–Kier alpha value is -1.54. The molecule has 2 saturated heterocycles. The largest absolute Gasteiger partial charge is 0.444 e. The molecule has 0 aromatic rings. The first-order chi connectivity index (χ1) is 15.7. The predicted molar refractivity (Wildman–Crippen MR) is 129 cm³/mol. The van der Waals surface area contributed by atoms with Gasteiger partial charge in [-0.05, 0) is 104 Å². The molecule has 2 unspecified atom stereocenters. The highest BCUT2D eigenvalue weighted by molar-refractivity contribution is 5.69. The highest BCUT2D eigenvalue weighted by Crippen LogP contribution is 2.37. The predicted octanol–water partition coefficient (Wildman–Crippen LogP) is 4.03. The maximum atomic E-state index is 11.9. The summed E-state index contributed by atoms with van der Waals surface area (Å²) in [7, 11) is 0. The number of amides is 2. The van der Waals surface area contributed by atoms with E-state index >= 15 is 0 Å². The third-order valence-electron chi connectivity index (χ3n) is 7.35. The van der Waals surface area contributed by atoms with Crippen LogP contribution < -0.4 is 0 Å². The smallest absolute Gasteiger partial charge is 0.410 e. The van der Waals surface area contributed by atoms with E-state index in [-0.39, 0.29) is 24.4 Å². The minimum Gasteiger partial charge on any atom is -0.444 e. The van der Waals surface area contributed by atoms with Crippen LogP contribution in [0.5, 0.6) is 0 Å². The molecule has 0 aromatic heterocycles. The third kappa shape index (κ3) is 7.74. The monoisotopic (exact) mass is 482 g/mol. The number of hydrogen-bond donors (Lipinski definition) is 2. The molecular weight excluding hydrogens is 436 g/mol. The molecule has 8 heteroatoms. The number of carbonyl (C=O) groups excluding carboxylic acids is 2. The summed E-state index contributed by atoms with van der Waals surface area (Å²) in [4.78, 5) is 27.5. The molecule has 0 spiro atoms. The van der Waals surface area contributed by atoms with Gasteiger partial charge in [0, 0.05) is 26.2 Å². The van der Waals surface area contributed by atoms with Crippen molar-refractivity contribution < 1.29 is 29.3 Å². The van der Waals surface area contributed by atoms with E-state index < -0.39 is 11.2 Å². The summed E-state index contributed by atoms with van der Waals surface area (Å²) in [6, 6.07) is 0. The zero-order valence-electron chi connectivity index (χ0n) is 22.0. The molecule has 34 heavy (non-hydrogen) atoms. The van der Waals surface area contributed by atoms with Crippen LogP contribution in [-0.4, -0.2) is 81.8 Å². The van der Waals surface area contributed by atoms with E-state index in [1.54, 1.807) is 9.80 Å². The molecule has 2 heterocycles. The van der Waals surface area contributed by atoms with Crippen LogP contribution in [0.1, 0.15) is 80.1 Å². The zero-order valence-corrected chi connectivity index (χ0v) is 22.0. The van der Waals surface area contributed by atoms with Crippen molar-refractivity contribution in [1.29, 1.82) is 0 Å². The zero-order chi connectivity index (χ0) is 25.3. The summed E-state index contributed by atoms with van der Waals surface area (Å²) in [6.07, 6.45) is 4.74. The molecule has 4 fully saturated rings. The van der Waals surface area contributed by atoms with Gasteiger partial charge in [0.15, 0.2) is 0 Å². The normalized spacial score (nSPS) is 33.4. The molecule has 0 radical (unpaired) electrons. The van der Waals surface area contributed by atoms with Crippen LogP contribution in [0, 0.1) is 23.7 Å². The minimum atomic E-state index is -0.426. The number of rotatable bonds is 0. The van der Waals surface area contributed by atoms with Gasteiger partial charge in [-0.15, -0.1) is 0 Å². The second-order valence-electron chi connectivity index (χ2n) is 12.7. The number of carbonyl (C=O) groups is 2. The molecule has 2 amide bonds. The van der Waals surface area contributed by atoms with E-state index in [2.05, 4.69) is 0 Å². The maximum Gasteiger partial charge on any atom is 0.410 e. The number of aliphatic hydroxyl groups is 2. The van der Waals surface area contributed by atoms with Crippen LogP contribution in [0.3, 0.4) is 0 Å². The number of aliphatic hydroxyl groups excluding tert-OH is 2. The van der Waals surface area contributed by atoms with Crippen LogP contribution in [-0.2, 0) is 9.47 Å². The lowest BCUT2D eigenvalue weighted by atomic mass is 9.80. The lowest BCUT2D eigenvalue weighted by Crippen LogP contribution is -2.35. The third-order valence-corrected chi connectivity index (χ3v) is 7.35. The van der Waals surface area contributed by atoms with E-state index in [0.29, 0.717) is 23.7 Å². The minimum absolute atomic E-state index is 0.171. The number of nitrogens with zero attached hydrogens (tertiary/aromatic N) is 2. The number of ether oxygens (including phenoxy) is 2. The Morgan fingerprint density at radius 3 is 1.26 bits per heavy atom. The molecule has 2 aliphatic carbocycles. The molecule has 2 N–H and O–H groups in total. The first kappa shape index (κ1) is 27.1. The van der Waals surface area contributed by atoms with Gasteiger partial charge >= 0.3 is 12.2 Å². The molecule has 2 aliphatic heterocycles. The first-order valence-corrected chi connectivity index (χ1v) is 13.0. The van der Waals surface area contributed by atoms with Crippen LogP contribution >= 0.6 is 0 Å². The van der Waals surface area contributed by atoms with Crippen LogP contribution in [0.2, 0.25) is 0 Å². The highest BCUT2D eigenvalue weighted by Gasteiger charge is 2.41. The number of fused-ring (bicyclic) bond motifs is 2. The van der Waals surface area contributed by atoms with Crippen molar-refractivity contribution in [3.05, 3.63) is 0 Å². The van der Waals surface area contributed by atoms with Crippen LogP contribution in [0.15, 0.2) is 0 Å². The Labute approximate surface area is 205 Å². The summed E-state index contributed by atoms with van der Waals surface area (Å²) in [6.45, 7) is 14.4. The Bertz CT molecular complexity index is 655. The lowest BCUT2D eigenvalue weighted by molar-refractivity contribution is 0.0273. The Morgan fingerprint density at radius 1 is 0.618 bits per heavy atom. The van der Waals surface area contributed by atoms with E-state index in [1.807, 2.05) is 41.5 Å². The maximum absolute atomic E-state index is 11.9. The molecule has 196 valence electrons. The molecule has 0 aromatic carbocycles. The standard InChI is InChI=1S/2C13H23NO3/c2*1-13(2,3)17-12(16)14-7-9-4-5-11(15)6-10(9)8-14/h2*9-11,15H,4-8H2,1-3H3/t2*9-,10+,11?/m10/s1. The van der Waals surface area contributed by atoms with Gasteiger partial charge in [0.2, 0.25) is 0 Å². The summed E-state index contributed by atoms with van der Waals surface area (Å²) in [5, 5.41) is 19.3. The molecule has 4 rings (SSSR count). The van der Waals surface area contributed by atoms with Crippen molar-refractivity contribution in [3.8, 4) is 0 Å². The first-order valence-electron chi connectivity index (χ1n) is 13.0. The molecule has 2 saturated carbocycles. The van der Waals surface area contributed by atoms with E-state index in [9.17, 15) is 19.8 Å². The topological polar surface area (TPSA) is 99.5 Å². The SMILES string of the molecule is CC(C)(C)OC(=O)N1C[C@H]2CC(O)CC[C@H]2C1.CC(C)(C)OC(=O)N1C[C@H]2CCC(O)C[C@H]2C1. The molecule has 4 aliphatic rings. The molecule has 0 bridgehead atoms. The van der Waals surface area contributed by atoms with Gasteiger partial charge in [-0.2, -0.15) is 0 Å². The van der Waals surface area contributed by atoms with Gasteiger partial charge in [0.25, 0.3) is 0 Å². The summed E-state index contributed by atoms with van der Waals surface area (Å²) < 4.78 is 10.8. The van der Waals surface area contributed by atoms with Crippen LogP contribution in [0.4, 0.5) is 9.59 Å². The average Bonchev–Trinajstić information content (AvgIpc) is 3.29. The molecule has 6 atom stereocenters. The second kappa shape index (κ2) is 10.6. The van der Waals surface area contributed by atoms with Gasteiger partial charge in [0.1, 0.15) is 11.2 Å². The van der Waals surface area contributed by atoms with Gasteiger partial charge in [-0.25, -0.2) is 9.59 Å². The lowest BCUT2D eigenvalue weighted by Gasteiger charge is -2.27. The number of hydrogen-bond acceptors (Lipinski definition) is 6. The van der Waals surface area contributed by atoms with Crippen LogP contribution in [0.25, 0.3) is 0 Å². The fraction of sp³-hybridized carbons (Fsp3) is 0.923. The molecule has 8 nitrogen and oxygen atoms in total. The Balaban J connectivity index is 0.000000191. The van der Waals surface area contributed by atoms with Crippen molar-refractivity contribution in [2.45, 2.75) is 103 Å². The van der Waals surface area contributed by atoms with Gasteiger partial charge in [0.05, 0.1) is 12.2 Å². The summed E-state index contributed by atoms with van der Waals surface area (Å²) in [5.74, 6) is 2.05. The van der Waals surface area contributed by atoms with E-state index in [4.69, 9.17) is 9.47 Å². The Kier molecular flexibility index (Phi) is 8.44. The van der Waals surface area contributed by atoms with Crippen molar-refractivity contribution in [2.24, 2.45) is 23.7 Å². The van der Waals surface area contributed by atoms with Gasteiger partial charge in [-0.3, -0.25) is 0 Å². The molecular formula is C26H46N2O6. The van der Waals surface area contributed by atoms with Crippen molar-refractivity contribution in [2.75, 3.05) is 26.2 Å².